The zero-order valence-corrected chi connectivity index (χ0v) is 11.2. The Bertz CT molecular complexity index is 282. The van der Waals surface area contributed by atoms with Gasteiger partial charge in [0, 0.05) is 24.3 Å². The number of hydrogen-bond donors (Lipinski definition) is 1. The number of pyridine rings is 1. The molecule has 1 rings (SSSR count). The number of rotatable bonds is 9. The molecule has 4 heteroatoms. The number of unbranched alkanes of at least 4 members (excludes halogenated alkanes) is 1. The van der Waals surface area contributed by atoms with E-state index in [1.165, 1.54) is 0 Å². The van der Waals surface area contributed by atoms with E-state index in [9.17, 15) is 5.11 Å². The molecule has 0 aromatic carbocycles. The average Bonchev–Trinajstić information content (AvgIpc) is 2.36. The van der Waals surface area contributed by atoms with Crippen molar-refractivity contribution in [3.63, 3.8) is 0 Å². The van der Waals surface area contributed by atoms with Gasteiger partial charge in [0.2, 0.25) is 0 Å². The van der Waals surface area contributed by atoms with Crippen LogP contribution >= 0.6 is 11.8 Å². The lowest BCUT2D eigenvalue weighted by atomic mass is 10.3. The van der Waals surface area contributed by atoms with Gasteiger partial charge in [-0.05, 0) is 18.6 Å². The van der Waals surface area contributed by atoms with Crippen LogP contribution in [-0.2, 0) is 10.5 Å². The van der Waals surface area contributed by atoms with E-state index in [0.717, 1.165) is 30.9 Å². The van der Waals surface area contributed by atoms with E-state index in [1.807, 2.05) is 18.2 Å². The maximum absolute atomic E-state index is 9.66. The summed E-state index contributed by atoms with van der Waals surface area (Å²) in [6.07, 6.45) is 3.61. The summed E-state index contributed by atoms with van der Waals surface area (Å²) in [4.78, 5) is 4.23. The van der Waals surface area contributed by atoms with Crippen LogP contribution in [0, 0.1) is 0 Å². The Hall–Kier alpha value is -0.580. The third-order valence-electron chi connectivity index (χ3n) is 2.24. The van der Waals surface area contributed by atoms with E-state index < -0.39 is 0 Å². The molecule has 1 N–H and O–H groups in total. The van der Waals surface area contributed by atoms with Gasteiger partial charge in [-0.15, -0.1) is 0 Å². The Labute approximate surface area is 108 Å². The molecule has 1 atom stereocenters. The molecule has 0 amide bonds. The normalized spacial score (nSPS) is 12.6. The van der Waals surface area contributed by atoms with Gasteiger partial charge in [0.25, 0.3) is 0 Å². The van der Waals surface area contributed by atoms with Crippen LogP contribution in [0.3, 0.4) is 0 Å². The highest BCUT2D eigenvalue weighted by Crippen LogP contribution is 2.11. The SMILES string of the molecule is CCCCOCC(O)CSCc1ccccn1. The highest BCUT2D eigenvalue weighted by atomic mass is 32.2. The molecular weight excluding hydrogens is 234 g/mol. The van der Waals surface area contributed by atoms with E-state index in [0.29, 0.717) is 12.4 Å². The zero-order chi connectivity index (χ0) is 12.3. The lowest BCUT2D eigenvalue weighted by Crippen LogP contribution is -2.18. The number of nitrogens with zero attached hydrogens (tertiary/aromatic N) is 1. The Morgan fingerprint density at radius 2 is 2.35 bits per heavy atom. The van der Waals surface area contributed by atoms with Gasteiger partial charge in [0.05, 0.1) is 18.4 Å². The molecule has 1 aromatic rings. The summed E-state index contributed by atoms with van der Waals surface area (Å²) in [6.45, 7) is 3.32. The van der Waals surface area contributed by atoms with Crippen molar-refractivity contribution in [3.05, 3.63) is 30.1 Å². The van der Waals surface area contributed by atoms with Crippen LogP contribution in [0.1, 0.15) is 25.5 Å². The molecule has 3 nitrogen and oxygen atoms in total. The summed E-state index contributed by atoms with van der Waals surface area (Å²) in [6, 6.07) is 5.88. The molecule has 17 heavy (non-hydrogen) atoms. The molecule has 0 radical (unpaired) electrons. The number of aliphatic hydroxyl groups is 1. The van der Waals surface area contributed by atoms with Crippen molar-refractivity contribution >= 4 is 11.8 Å². The van der Waals surface area contributed by atoms with Gasteiger partial charge in [0.15, 0.2) is 0 Å². The van der Waals surface area contributed by atoms with Crippen molar-refractivity contribution in [1.82, 2.24) is 4.98 Å². The predicted octanol–water partition coefficient (Wildman–Crippen LogP) is 2.49. The summed E-state index contributed by atoms with van der Waals surface area (Å²) in [5.41, 5.74) is 1.05. The highest BCUT2D eigenvalue weighted by molar-refractivity contribution is 7.98. The Morgan fingerprint density at radius 3 is 3.06 bits per heavy atom. The van der Waals surface area contributed by atoms with Gasteiger partial charge < -0.3 is 9.84 Å². The third kappa shape index (κ3) is 7.36. The van der Waals surface area contributed by atoms with Crippen LogP contribution in [0.4, 0.5) is 0 Å². The maximum atomic E-state index is 9.66. The molecule has 96 valence electrons. The number of thioether (sulfide) groups is 1. The molecule has 0 aliphatic heterocycles. The summed E-state index contributed by atoms with van der Waals surface area (Å²) in [5.74, 6) is 1.54. The summed E-state index contributed by atoms with van der Waals surface area (Å²) >= 11 is 1.69. The van der Waals surface area contributed by atoms with Gasteiger partial charge in [-0.3, -0.25) is 4.98 Å². The number of ether oxygens (including phenoxy) is 1. The summed E-state index contributed by atoms with van der Waals surface area (Å²) < 4.78 is 5.36. The molecule has 0 spiro atoms. The van der Waals surface area contributed by atoms with Crippen LogP contribution < -0.4 is 0 Å². The van der Waals surface area contributed by atoms with Crippen LogP contribution in [0.2, 0.25) is 0 Å². The molecule has 0 aliphatic carbocycles. The standard InChI is InChI=1S/C13H21NO2S/c1-2-3-8-16-9-13(15)11-17-10-12-6-4-5-7-14-12/h4-7,13,15H,2-3,8-11H2,1H3. The van der Waals surface area contributed by atoms with Crippen molar-refractivity contribution in [1.29, 1.82) is 0 Å². The van der Waals surface area contributed by atoms with E-state index in [-0.39, 0.29) is 6.10 Å². The smallest absolute Gasteiger partial charge is 0.0863 e. The van der Waals surface area contributed by atoms with Crippen molar-refractivity contribution in [2.45, 2.75) is 31.6 Å². The molecule has 0 fully saturated rings. The van der Waals surface area contributed by atoms with Crippen LogP contribution in [0.25, 0.3) is 0 Å². The number of hydrogen-bond acceptors (Lipinski definition) is 4. The zero-order valence-electron chi connectivity index (χ0n) is 10.3. The molecule has 1 unspecified atom stereocenters. The molecule has 0 saturated carbocycles. The maximum Gasteiger partial charge on any atom is 0.0863 e. The second-order valence-corrected chi connectivity index (χ2v) is 4.95. The summed E-state index contributed by atoms with van der Waals surface area (Å²) in [5, 5.41) is 9.66. The first kappa shape index (κ1) is 14.5. The summed E-state index contributed by atoms with van der Waals surface area (Å²) in [7, 11) is 0. The first-order chi connectivity index (χ1) is 8.33. The van der Waals surface area contributed by atoms with Crippen LogP contribution in [0.15, 0.2) is 24.4 Å². The van der Waals surface area contributed by atoms with E-state index in [4.69, 9.17) is 4.74 Å². The quantitative estimate of drug-likeness (QED) is 0.688. The number of aliphatic hydroxyl groups excluding tert-OH is 1. The van der Waals surface area contributed by atoms with Gasteiger partial charge in [-0.2, -0.15) is 11.8 Å². The Morgan fingerprint density at radius 1 is 1.47 bits per heavy atom. The lowest BCUT2D eigenvalue weighted by molar-refractivity contribution is 0.0473. The molecule has 0 saturated heterocycles. The van der Waals surface area contributed by atoms with Crippen molar-refractivity contribution < 1.29 is 9.84 Å². The molecule has 1 aromatic heterocycles. The lowest BCUT2D eigenvalue weighted by Gasteiger charge is -2.10. The highest BCUT2D eigenvalue weighted by Gasteiger charge is 2.04. The van der Waals surface area contributed by atoms with Gasteiger partial charge >= 0.3 is 0 Å². The Balaban J connectivity index is 2.02. The topological polar surface area (TPSA) is 42.4 Å². The monoisotopic (exact) mass is 255 g/mol. The van der Waals surface area contributed by atoms with Crippen molar-refractivity contribution in [2.75, 3.05) is 19.0 Å². The van der Waals surface area contributed by atoms with Crippen molar-refractivity contribution in [2.24, 2.45) is 0 Å². The van der Waals surface area contributed by atoms with E-state index in [2.05, 4.69) is 11.9 Å². The molecule has 0 bridgehead atoms. The second kappa shape index (κ2) is 9.45. The predicted molar refractivity (Wildman–Crippen MR) is 72.1 cm³/mol. The van der Waals surface area contributed by atoms with E-state index >= 15 is 0 Å². The average molecular weight is 255 g/mol. The number of aromatic nitrogens is 1. The van der Waals surface area contributed by atoms with Gasteiger partial charge in [-0.25, -0.2) is 0 Å². The minimum absolute atomic E-state index is 0.374. The fourth-order valence-electron chi connectivity index (χ4n) is 1.30. The minimum Gasteiger partial charge on any atom is -0.390 e. The third-order valence-corrected chi connectivity index (χ3v) is 3.36. The Kier molecular flexibility index (Phi) is 8.05. The largest absolute Gasteiger partial charge is 0.390 e. The first-order valence-corrected chi connectivity index (χ1v) is 7.22. The molecule has 0 aliphatic rings. The van der Waals surface area contributed by atoms with E-state index in [1.54, 1.807) is 18.0 Å². The first-order valence-electron chi connectivity index (χ1n) is 6.06. The fraction of sp³-hybridized carbons (Fsp3) is 0.615. The van der Waals surface area contributed by atoms with Gasteiger partial charge in [-0.1, -0.05) is 19.4 Å². The van der Waals surface area contributed by atoms with Crippen molar-refractivity contribution in [3.8, 4) is 0 Å². The fourth-order valence-corrected chi connectivity index (χ4v) is 2.16. The molecular formula is C13H21NO2S. The second-order valence-electron chi connectivity index (χ2n) is 3.92. The van der Waals surface area contributed by atoms with Gasteiger partial charge in [0.1, 0.15) is 0 Å². The van der Waals surface area contributed by atoms with Crippen LogP contribution in [0.5, 0.6) is 0 Å². The minimum atomic E-state index is -0.374. The van der Waals surface area contributed by atoms with Crippen LogP contribution in [-0.4, -0.2) is 35.2 Å². The molecule has 1 heterocycles.